The molecule has 1 aliphatic rings. The summed E-state index contributed by atoms with van der Waals surface area (Å²) < 4.78 is 5.13. The van der Waals surface area contributed by atoms with E-state index < -0.39 is 6.04 Å². The molecule has 2 N–H and O–H groups in total. The number of hydrogen-bond donors (Lipinski definition) is 2. The number of carbonyl (C=O) groups is 2. The van der Waals surface area contributed by atoms with E-state index in [2.05, 4.69) is 15.6 Å². The summed E-state index contributed by atoms with van der Waals surface area (Å²) in [7, 11) is 1.62. The third-order valence-electron chi connectivity index (χ3n) is 3.91. The molecule has 2 amide bonds. The molecular formula is C17H19N3O3S. The summed E-state index contributed by atoms with van der Waals surface area (Å²) in [4.78, 5) is 28.6. The van der Waals surface area contributed by atoms with E-state index in [1.807, 2.05) is 24.3 Å². The third-order valence-corrected chi connectivity index (χ3v) is 4.81. The monoisotopic (exact) mass is 345 g/mol. The first-order valence-electron chi connectivity index (χ1n) is 7.86. The molecule has 1 aromatic carbocycles. The average Bonchev–Trinajstić information content (AvgIpc) is 3.02. The minimum Gasteiger partial charge on any atom is -0.497 e. The van der Waals surface area contributed by atoms with Gasteiger partial charge in [-0.15, -0.1) is 11.3 Å². The van der Waals surface area contributed by atoms with E-state index in [0.717, 1.165) is 29.2 Å². The molecule has 3 rings (SSSR count). The molecule has 0 saturated carbocycles. The highest BCUT2D eigenvalue weighted by Crippen LogP contribution is 2.25. The Morgan fingerprint density at radius 2 is 2.12 bits per heavy atom. The molecule has 7 heteroatoms. The van der Waals surface area contributed by atoms with Crippen LogP contribution in [0.3, 0.4) is 0 Å². The van der Waals surface area contributed by atoms with Crippen molar-refractivity contribution in [1.29, 1.82) is 0 Å². The van der Waals surface area contributed by atoms with Crippen LogP contribution >= 0.6 is 11.3 Å². The fraction of sp³-hybridized carbons (Fsp3) is 0.353. The molecule has 1 atom stereocenters. The Morgan fingerprint density at radius 3 is 2.88 bits per heavy atom. The third kappa shape index (κ3) is 3.73. The van der Waals surface area contributed by atoms with Gasteiger partial charge in [-0.3, -0.25) is 9.59 Å². The van der Waals surface area contributed by atoms with Crippen LogP contribution in [0, 0.1) is 0 Å². The van der Waals surface area contributed by atoms with Gasteiger partial charge in [0.1, 0.15) is 22.5 Å². The van der Waals surface area contributed by atoms with Crippen molar-refractivity contribution in [2.45, 2.75) is 25.3 Å². The molecule has 0 spiro atoms. The van der Waals surface area contributed by atoms with E-state index in [4.69, 9.17) is 4.74 Å². The van der Waals surface area contributed by atoms with Gasteiger partial charge in [-0.2, -0.15) is 0 Å². The van der Waals surface area contributed by atoms with Crippen LogP contribution in [0.15, 0.2) is 29.6 Å². The number of ether oxygens (including phenoxy) is 1. The van der Waals surface area contributed by atoms with Crippen LogP contribution in [0.1, 0.15) is 29.8 Å². The standard InChI is InChI=1S/C17H19N3O3S/c1-23-12-7-5-11(6-8-12)17-20-14(10-24-17)16(22)19-13-4-2-3-9-18-15(13)21/h5-8,10,13H,2-4,9H2,1H3,(H,18,21)(H,19,22). The molecule has 0 aliphatic carbocycles. The SMILES string of the molecule is COc1ccc(-c2nc(C(=O)NC3CCCCNC3=O)cs2)cc1. The highest BCUT2D eigenvalue weighted by molar-refractivity contribution is 7.13. The lowest BCUT2D eigenvalue weighted by atomic mass is 10.1. The number of aromatic nitrogens is 1. The maximum Gasteiger partial charge on any atom is 0.271 e. The lowest BCUT2D eigenvalue weighted by molar-refractivity contribution is -0.122. The Morgan fingerprint density at radius 1 is 1.33 bits per heavy atom. The Bertz CT molecular complexity index is 727. The summed E-state index contributed by atoms with van der Waals surface area (Å²) in [6.07, 6.45) is 2.52. The summed E-state index contributed by atoms with van der Waals surface area (Å²) in [6.45, 7) is 0.670. The van der Waals surface area contributed by atoms with Gasteiger partial charge in [0.2, 0.25) is 5.91 Å². The van der Waals surface area contributed by atoms with Gasteiger partial charge in [0, 0.05) is 17.5 Å². The van der Waals surface area contributed by atoms with Crippen molar-refractivity contribution >= 4 is 23.2 Å². The van der Waals surface area contributed by atoms with E-state index >= 15 is 0 Å². The number of amides is 2. The molecule has 1 aromatic heterocycles. The molecule has 24 heavy (non-hydrogen) atoms. The Hall–Kier alpha value is -2.41. The molecule has 0 bridgehead atoms. The summed E-state index contributed by atoms with van der Waals surface area (Å²) in [5.74, 6) is 0.340. The van der Waals surface area contributed by atoms with Gasteiger partial charge in [-0.25, -0.2) is 4.98 Å². The van der Waals surface area contributed by atoms with Crippen molar-refractivity contribution in [3.05, 3.63) is 35.3 Å². The van der Waals surface area contributed by atoms with E-state index in [1.54, 1.807) is 12.5 Å². The predicted octanol–water partition coefficient (Wildman–Crippen LogP) is 2.22. The summed E-state index contributed by atoms with van der Waals surface area (Å²) in [5.41, 5.74) is 1.26. The average molecular weight is 345 g/mol. The topological polar surface area (TPSA) is 80.3 Å². The summed E-state index contributed by atoms with van der Waals surface area (Å²) in [5, 5.41) is 8.06. The number of thiazole rings is 1. The Labute approximate surface area is 144 Å². The highest BCUT2D eigenvalue weighted by atomic mass is 32.1. The molecule has 2 heterocycles. The smallest absolute Gasteiger partial charge is 0.271 e. The number of hydrogen-bond acceptors (Lipinski definition) is 5. The van der Waals surface area contributed by atoms with Crippen molar-refractivity contribution in [2.75, 3.05) is 13.7 Å². The van der Waals surface area contributed by atoms with Gasteiger partial charge >= 0.3 is 0 Å². The van der Waals surface area contributed by atoms with Gasteiger partial charge in [-0.1, -0.05) is 0 Å². The first-order valence-corrected chi connectivity index (χ1v) is 8.74. The molecule has 1 fully saturated rings. The molecule has 1 aliphatic heterocycles. The Kier molecular flexibility index (Phi) is 5.10. The zero-order valence-electron chi connectivity index (χ0n) is 13.4. The zero-order chi connectivity index (χ0) is 16.9. The molecule has 1 saturated heterocycles. The van der Waals surface area contributed by atoms with Gasteiger partial charge in [0.05, 0.1) is 7.11 Å². The highest BCUT2D eigenvalue weighted by Gasteiger charge is 2.24. The second-order valence-electron chi connectivity index (χ2n) is 5.58. The van der Waals surface area contributed by atoms with E-state index in [0.29, 0.717) is 18.7 Å². The normalized spacial score (nSPS) is 17.7. The largest absolute Gasteiger partial charge is 0.497 e. The van der Waals surface area contributed by atoms with E-state index in [-0.39, 0.29) is 11.8 Å². The first-order chi connectivity index (χ1) is 11.7. The summed E-state index contributed by atoms with van der Waals surface area (Å²) >= 11 is 1.40. The van der Waals surface area contributed by atoms with Crippen molar-refractivity contribution in [3.8, 4) is 16.3 Å². The molecule has 2 aromatic rings. The van der Waals surface area contributed by atoms with Crippen LogP contribution in [-0.2, 0) is 4.79 Å². The van der Waals surface area contributed by atoms with Gasteiger partial charge in [0.25, 0.3) is 5.91 Å². The van der Waals surface area contributed by atoms with Crippen LogP contribution in [0.4, 0.5) is 0 Å². The second kappa shape index (κ2) is 7.44. The van der Waals surface area contributed by atoms with Crippen LogP contribution < -0.4 is 15.4 Å². The zero-order valence-corrected chi connectivity index (χ0v) is 14.2. The van der Waals surface area contributed by atoms with E-state index in [1.165, 1.54) is 11.3 Å². The number of methoxy groups -OCH3 is 1. The minimum absolute atomic E-state index is 0.119. The van der Waals surface area contributed by atoms with Crippen molar-refractivity contribution in [3.63, 3.8) is 0 Å². The predicted molar refractivity (Wildman–Crippen MR) is 92.2 cm³/mol. The second-order valence-corrected chi connectivity index (χ2v) is 6.44. The number of benzene rings is 1. The lowest BCUT2D eigenvalue weighted by Gasteiger charge is -2.14. The molecule has 0 radical (unpaired) electrons. The number of carbonyl (C=O) groups excluding carboxylic acids is 2. The fourth-order valence-corrected chi connectivity index (χ4v) is 3.36. The van der Waals surface area contributed by atoms with Gasteiger partial charge in [-0.05, 0) is 43.5 Å². The molecule has 6 nitrogen and oxygen atoms in total. The van der Waals surface area contributed by atoms with Gasteiger partial charge < -0.3 is 15.4 Å². The first kappa shape index (κ1) is 16.4. The quantitative estimate of drug-likeness (QED) is 0.890. The van der Waals surface area contributed by atoms with Crippen molar-refractivity contribution in [2.24, 2.45) is 0 Å². The fourth-order valence-electron chi connectivity index (χ4n) is 2.55. The number of nitrogens with one attached hydrogen (secondary N) is 2. The van der Waals surface area contributed by atoms with Crippen molar-refractivity contribution < 1.29 is 14.3 Å². The molecule has 126 valence electrons. The summed E-state index contributed by atoms with van der Waals surface area (Å²) in [6, 6.07) is 7.03. The van der Waals surface area contributed by atoms with Crippen LogP contribution in [-0.4, -0.2) is 36.5 Å². The van der Waals surface area contributed by atoms with Crippen molar-refractivity contribution in [1.82, 2.24) is 15.6 Å². The van der Waals surface area contributed by atoms with Crippen LogP contribution in [0.5, 0.6) is 5.75 Å². The van der Waals surface area contributed by atoms with Gasteiger partial charge in [0.15, 0.2) is 0 Å². The van der Waals surface area contributed by atoms with Crippen LogP contribution in [0.2, 0.25) is 0 Å². The number of rotatable bonds is 4. The molecular weight excluding hydrogens is 326 g/mol. The van der Waals surface area contributed by atoms with Crippen LogP contribution in [0.25, 0.3) is 10.6 Å². The molecule has 1 unspecified atom stereocenters. The maximum absolute atomic E-state index is 12.3. The Balaban J connectivity index is 1.69. The minimum atomic E-state index is -0.480. The lowest BCUT2D eigenvalue weighted by Crippen LogP contribution is -2.45. The maximum atomic E-state index is 12.3. The number of nitrogens with zero attached hydrogens (tertiary/aromatic N) is 1. The van der Waals surface area contributed by atoms with E-state index in [9.17, 15) is 9.59 Å².